The molecule has 0 radical (unpaired) electrons. The van der Waals surface area contributed by atoms with Crippen molar-refractivity contribution >= 4 is 35.4 Å². The maximum absolute atomic E-state index is 8.35. The second-order valence-corrected chi connectivity index (χ2v) is 3.29. The van der Waals surface area contributed by atoms with Crippen molar-refractivity contribution < 1.29 is 9.59 Å². The van der Waals surface area contributed by atoms with Gasteiger partial charge < -0.3 is 0 Å². The lowest BCUT2D eigenvalue weighted by molar-refractivity contribution is 0.562. The van der Waals surface area contributed by atoms with Gasteiger partial charge in [-0.05, 0) is 31.0 Å². The van der Waals surface area contributed by atoms with E-state index in [0.717, 1.165) is 17.7 Å². The molecule has 0 aliphatic carbocycles. The van der Waals surface area contributed by atoms with E-state index < -0.39 is 0 Å². The van der Waals surface area contributed by atoms with Crippen LogP contribution in [0.15, 0.2) is 12.1 Å². The fourth-order valence-electron chi connectivity index (χ4n) is 0.749. The van der Waals surface area contributed by atoms with E-state index in [1.165, 1.54) is 5.56 Å². The highest BCUT2D eigenvalue weighted by Gasteiger charge is 2.01. The number of benzene rings is 1. The van der Waals surface area contributed by atoms with Crippen molar-refractivity contribution in [2.75, 3.05) is 0 Å². The van der Waals surface area contributed by atoms with Gasteiger partial charge in [0.1, 0.15) is 0 Å². The van der Waals surface area contributed by atoms with Crippen molar-refractivity contribution in [2.24, 2.45) is 0 Å². The van der Waals surface area contributed by atoms with Crippen molar-refractivity contribution in [1.29, 1.82) is 10.8 Å². The van der Waals surface area contributed by atoms with Crippen molar-refractivity contribution in [1.82, 2.24) is 0 Å². The third-order valence-electron chi connectivity index (χ3n) is 1.61. The highest BCUT2D eigenvalue weighted by Crippen LogP contribution is 2.26. The molecule has 4 nitrogen and oxygen atoms in total. The van der Waals surface area contributed by atoms with Crippen LogP contribution < -0.4 is 0 Å². The predicted molar refractivity (Wildman–Crippen MR) is 62.8 cm³/mol. The van der Waals surface area contributed by atoms with Crippen LogP contribution in [-0.4, -0.2) is 12.2 Å². The van der Waals surface area contributed by atoms with E-state index >= 15 is 0 Å². The van der Waals surface area contributed by atoms with E-state index in [0.29, 0.717) is 10.0 Å². The van der Waals surface area contributed by atoms with Gasteiger partial charge in [0, 0.05) is 0 Å². The second kappa shape index (κ2) is 10.1. The highest BCUT2D eigenvalue weighted by molar-refractivity contribution is 6.42. The molecule has 1 aromatic carbocycles. The molecule has 1 rings (SSSR count). The van der Waals surface area contributed by atoms with Crippen LogP contribution in [-0.2, 0) is 9.59 Å². The first-order valence-corrected chi connectivity index (χ1v) is 4.70. The molecule has 0 aliphatic heterocycles. The summed E-state index contributed by atoms with van der Waals surface area (Å²) in [6, 6.07) is 3.77. The van der Waals surface area contributed by atoms with Gasteiger partial charge in [-0.3, -0.25) is 0 Å². The average molecular weight is 261 g/mol. The lowest BCUT2D eigenvalue weighted by Crippen LogP contribution is -1.81. The zero-order chi connectivity index (χ0) is 13.1. The van der Waals surface area contributed by atoms with Gasteiger partial charge in [0.25, 0.3) is 0 Å². The number of nitrogens with one attached hydrogen (secondary N) is 2. The van der Waals surface area contributed by atoms with Crippen LogP contribution in [0, 0.1) is 24.7 Å². The van der Waals surface area contributed by atoms with Crippen molar-refractivity contribution in [3.8, 4) is 0 Å². The summed E-state index contributed by atoms with van der Waals surface area (Å²) >= 11 is 11.6. The molecule has 0 amide bonds. The maximum Gasteiger partial charge on any atom is 0.231 e. The predicted octanol–water partition coefficient (Wildman–Crippen LogP) is 3.41. The summed E-state index contributed by atoms with van der Waals surface area (Å²) < 4.78 is 0. The number of carbonyl (C=O) groups excluding carboxylic acids is 2. The molecule has 6 heteroatoms. The number of isocyanates is 2. The minimum Gasteiger partial charge on any atom is -0.222 e. The van der Waals surface area contributed by atoms with E-state index in [-0.39, 0.29) is 0 Å². The molecule has 1 aromatic rings. The summed E-state index contributed by atoms with van der Waals surface area (Å²) in [5.74, 6) is 0. The van der Waals surface area contributed by atoms with Gasteiger partial charge in [-0.15, -0.1) is 0 Å². The lowest BCUT2D eigenvalue weighted by Gasteiger charge is -2.02. The minimum atomic E-state index is 0.629. The van der Waals surface area contributed by atoms with Gasteiger partial charge in [0.2, 0.25) is 12.2 Å². The van der Waals surface area contributed by atoms with E-state index in [4.69, 9.17) is 43.6 Å². The topological polar surface area (TPSA) is 81.8 Å². The summed E-state index contributed by atoms with van der Waals surface area (Å²) in [7, 11) is 0. The van der Waals surface area contributed by atoms with Gasteiger partial charge in [0.15, 0.2) is 0 Å². The molecule has 86 valence electrons. The Morgan fingerprint density at radius 1 is 1.06 bits per heavy atom. The van der Waals surface area contributed by atoms with Crippen LogP contribution in [0.1, 0.15) is 11.1 Å². The van der Waals surface area contributed by atoms with Crippen LogP contribution in [0.25, 0.3) is 0 Å². The molecule has 0 spiro atoms. The number of hydrogen-bond acceptors (Lipinski definition) is 4. The molecule has 0 saturated heterocycles. The molecule has 0 aromatic heterocycles. The van der Waals surface area contributed by atoms with E-state index in [9.17, 15) is 0 Å². The molecular weight excluding hydrogens is 251 g/mol. The van der Waals surface area contributed by atoms with E-state index in [1.807, 2.05) is 26.0 Å². The smallest absolute Gasteiger partial charge is 0.222 e. The first-order chi connectivity index (χ1) is 7.45. The Hall–Kier alpha value is -1.44. The highest BCUT2D eigenvalue weighted by atomic mass is 35.5. The molecule has 0 unspecified atom stereocenters. The number of halogens is 2. The van der Waals surface area contributed by atoms with Crippen molar-refractivity contribution in [2.45, 2.75) is 13.8 Å². The zero-order valence-corrected chi connectivity index (χ0v) is 10.2. The van der Waals surface area contributed by atoms with Gasteiger partial charge in [-0.25, -0.2) is 20.4 Å². The molecule has 0 atom stereocenters. The number of rotatable bonds is 0. The average Bonchev–Trinajstić information content (AvgIpc) is 2.23. The SMILES string of the molecule is Cc1ccc(Cl)c(Cl)c1C.N=C=O.N=C=O. The fourth-order valence-corrected chi connectivity index (χ4v) is 1.17. The normalized spacial score (nSPS) is 7.25. The standard InChI is InChI=1S/C8H8Cl2.2CHNO/c1-5-3-4-7(9)8(10)6(5)2;2*2-1-3/h3-4H,1-2H3;2*2H. The van der Waals surface area contributed by atoms with Crippen LogP contribution >= 0.6 is 23.2 Å². The molecule has 0 bridgehead atoms. The Kier molecular flexibility index (Phi) is 10.7. The summed E-state index contributed by atoms with van der Waals surface area (Å²) in [6.45, 7) is 3.97. The first-order valence-electron chi connectivity index (χ1n) is 3.95. The number of aryl methyl sites for hydroxylation is 1. The third-order valence-corrected chi connectivity index (χ3v) is 2.51. The molecule has 0 heterocycles. The van der Waals surface area contributed by atoms with Crippen LogP contribution in [0.4, 0.5) is 0 Å². The number of hydrogen-bond donors (Lipinski definition) is 2. The Morgan fingerprint density at radius 3 is 1.75 bits per heavy atom. The quantitative estimate of drug-likeness (QED) is 0.554. The summed E-state index contributed by atoms with van der Waals surface area (Å²) in [4.78, 5) is 16.7. The summed E-state index contributed by atoms with van der Waals surface area (Å²) in [6.07, 6.45) is 1.50. The van der Waals surface area contributed by atoms with Gasteiger partial charge in [0.05, 0.1) is 10.0 Å². The molecule has 0 saturated carbocycles. The molecule has 0 fully saturated rings. The lowest BCUT2D eigenvalue weighted by atomic mass is 10.1. The maximum atomic E-state index is 8.35. The van der Waals surface area contributed by atoms with Crippen molar-refractivity contribution in [3.63, 3.8) is 0 Å². The molecule has 16 heavy (non-hydrogen) atoms. The van der Waals surface area contributed by atoms with Gasteiger partial charge in [-0.1, -0.05) is 29.3 Å². The molecule has 2 N–H and O–H groups in total. The largest absolute Gasteiger partial charge is 0.231 e. The van der Waals surface area contributed by atoms with Gasteiger partial charge >= 0.3 is 0 Å². The third kappa shape index (κ3) is 6.93. The Labute approximate surface area is 103 Å². The van der Waals surface area contributed by atoms with E-state index in [2.05, 4.69) is 0 Å². The fraction of sp³-hybridized carbons (Fsp3) is 0.200. The van der Waals surface area contributed by atoms with Crippen LogP contribution in [0.5, 0.6) is 0 Å². The molecule has 0 aliphatic rings. The van der Waals surface area contributed by atoms with Crippen molar-refractivity contribution in [3.05, 3.63) is 33.3 Å². The zero-order valence-electron chi connectivity index (χ0n) is 8.73. The molecular formula is C10H10Cl2N2O2. The Balaban J connectivity index is 0. The van der Waals surface area contributed by atoms with E-state index in [1.54, 1.807) is 0 Å². The second-order valence-electron chi connectivity index (χ2n) is 2.51. The van der Waals surface area contributed by atoms with Gasteiger partial charge in [-0.2, -0.15) is 0 Å². The minimum absolute atomic E-state index is 0.629. The first kappa shape index (κ1) is 17.0. The van der Waals surface area contributed by atoms with Crippen LogP contribution in [0.2, 0.25) is 10.0 Å². The summed E-state index contributed by atoms with van der Waals surface area (Å²) in [5, 5.41) is 12.1. The Bertz CT molecular complexity index is 369. The summed E-state index contributed by atoms with van der Waals surface area (Å²) in [5.41, 5.74) is 2.24. The Morgan fingerprint density at radius 2 is 1.44 bits per heavy atom. The van der Waals surface area contributed by atoms with Crippen LogP contribution in [0.3, 0.4) is 0 Å². The monoisotopic (exact) mass is 260 g/mol.